The molecule has 0 atom stereocenters. The highest BCUT2D eigenvalue weighted by Gasteiger charge is 2.12. The van der Waals surface area contributed by atoms with E-state index < -0.39 is 0 Å². The van der Waals surface area contributed by atoms with Crippen molar-refractivity contribution < 1.29 is 13.9 Å². The Bertz CT molecular complexity index is 930. The first-order chi connectivity index (χ1) is 14.2. The molecule has 0 aliphatic carbocycles. The molecule has 0 spiro atoms. The number of nitrogens with one attached hydrogen (secondary N) is 1. The molecule has 0 aliphatic rings. The van der Waals surface area contributed by atoms with Gasteiger partial charge < -0.3 is 10.1 Å². The molecule has 6 heteroatoms. The Hall–Kier alpha value is -2.86. The molecule has 3 rings (SSSR count). The Balaban J connectivity index is 1.51. The van der Waals surface area contributed by atoms with Crippen LogP contribution >= 0.6 is 11.8 Å². The highest BCUT2D eigenvalue weighted by atomic mass is 32.2. The zero-order chi connectivity index (χ0) is 20.5. The van der Waals surface area contributed by atoms with Crippen molar-refractivity contribution in [3.05, 3.63) is 89.4 Å². The van der Waals surface area contributed by atoms with Crippen molar-refractivity contribution in [2.45, 2.75) is 24.4 Å². The van der Waals surface area contributed by atoms with E-state index >= 15 is 0 Å². The van der Waals surface area contributed by atoms with E-state index in [2.05, 4.69) is 10.3 Å². The zero-order valence-electron chi connectivity index (χ0n) is 16.2. The quantitative estimate of drug-likeness (QED) is 0.403. The van der Waals surface area contributed by atoms with Crippen molar-refractivity contribution in [2.75, 3.05) is 12.9 Å². The van der Waals surface area contributed by atoms with Crippen LogP contribution in [0, 0.1) is 5.82 Å². The molecule has 1 aromatic heterocycles. The molecule has 0 bridgehead atoms. The molecule has 1 heterocycles. The third-order valence-electron chi connectivity index (χ3n) is 4.39. The average Bonchev–Trinajstić information content (AvgIpc) is 2.77. The van der Waals surface area contributed by atoms with Crippen LogP contribution in [-0.2, 0) is 13.0 Å². The minimum absolute atomic E-state index is 0.144. The van der Waals surface area contributed by atoms with Gasteiger partial charge in [0.15, 0.2) is 0 Å². The summed E-state index contributed by atoms with van der Waals surface area (Å²) < 4.78 is 18.1. The predicted octanol–water partition coefficient (Wildman–Crippen LogP) is 4.88. The van der Waals surface area contributed by atoms with Crippen LogP contribution in [0.4, 0.5) is 4.39 Å². The van der Waals surface area contributed by atoms with Crippen LogP contribution in [0.15, 0.2) is 71.9 Å². The monoisotopic (exact) mass is 410 g/mol. The van der Waals surface area contributed by atoms with Crippen molar-refractivity contribution in [1.29, 1.82) is 0 Å². The summed E-state index contributed by atoms with van der Waals surface area (Å²) in [5.41, 5.74) is 2.68. The fraction of sp³-hybridized carbons (Fsp3) is 0.217. The van der Waals surface area contributed by atoms with Crippen molar-refractivity contribution in [3.8, 4) is 5.75 Å². The number of carbonyl (C=O) groups is 1. The SMILES string of the molecule is COc1ccc(CNC(=O)c2cccnc2SCCCc2ccc(F)cc2)cc1. The van der Waals surface area contributed by atoms with E-state index in [1.807, 2.05) is 24.3 Å². The van der Waals surface area contributed by atoms with Crippen LogP contribution in [0.1, 0.15) is 27.9 Å². The summed E-state index contributed by atoms with van der Waals surface area (Å²) in [5, 5.41) is 3.67. The van der Waals surface area contributed by atoms with Crippen LogP contribution in [-0.4, -0.2) is 23.8 Å². The highest BCUT2D eigenvalue weighted by Crippen LogP contribution is 2.22. The van der Waals surface area contributed by atoms with Crippen molar-refractivity contribution in [1.82, 2.24) is 10.3 Å². The van der Waals surface area contributed by atoms with Crippen molar-refractivity contribution >= 4 is 17.7 Å². The topological polar surface area (TPSA) is 51.2 Å². The third kappa shape index (κ3) is 6.32. The molecule has 150 valence electrons. The summed E-state index contributed by atoms with van der Waals surface area (Å²) >= 11 is 1.56. The predicted molar refractivity (Wildman–Crippen MR) is 114 cm³/mol. The summed E-state index contributed by atoms with van der Waals surface area (Å²) in [4.78, 5) is 17.0. The van der Waals surface area contributed by atoms with Crippen LogP contribution in [0.5, 0.6) is 5.75 Å². The lowest BCUT2D eigenvalue weighted by Gasteiger charge is -2.10. The Morgan fingerprint density at radius 3 is 2.52 bits per heavy atom. The second-order valence-corrected chi connectivity index (χ2v) is 7.55. The Labute approximate surface area is 174 Å². The van der Waals surface area contributed by atoms with Gasteiger partial charge in [-0.2, -0.15) is 0 Å². The summed E-state index contributed by atoms with van der Waals surface area (Å²) in [7, 11) is 1.62. The van der Waals surface area contributed by atoms with E-state index in [1.54, 1.807) is 49.3 Å². The lowest BCUT2D eigenvalue weighted by molar-refractivity contribution is 0.0947. The molecule has 4 nitrogen and oxygen atoms in total. The number of thioether (sulfide) groups is 1. The molecule has 0 saturated carbocycles. The molecule has 2 aromatic carbocycles. The van der Waals surface area contributed by atoms with Gasteiger partial charge in [0.25, 0.3) is 5.91 Å². The van der Waals surface area contributed by atoms with Gasteiger partial charge in [-0.25, -0.2) is 9.37 Å². The summed E-state index contributed by atoms with van der Waals surface area (Å²) in [6.07, 6.45) is 3.47. The van der Waals surface area contributed by atoms with E-state index in [9.17, 15) is 9.18 Å². The molecular weight excluding hydrogens is 387 g/mol. The third-order valence-corrected chi connectivity index (χ3v) is 5.48. The van der Waals surface area contributed by atoms with Crippen LogP contribution < -0.4 is 10.1 Å². The number of ether oxygens (including phenoxy) is 1. The van der Waals surface area contributed by atoms with Crippen molar-refractivity contribution in [2.24, 2.45) is 0 Å². The number of benzene rings is 2. The maximum absolute atomic E-state index is 13.0. The van der Waals surface area contributed by atoms with E-state index in [0.29, 0.717) is 12.1 Å². The standard InChI is InChI=1S/C23H23FN2O2S/c1-28-20-12-8-18(9-13-20)16-26-22(27)21-5-2-14-25-23(21)29-15-3-4-17-6-10-19(24)11-7-17/h2,5-14H,3-4,15-16H2,1H3,(H,26,27). The maximum Gasteiger partial charge on any atom is 0.254 e. The number of carbonyl (C=O) groups excluding carboxylic acids is 1. The minimum Gasteiger partial charge on any atom is -0.497 e. The van der Waals surface area contributed by atoms with Crippen LogP contribution in [0.2, 0.25) is 0 Å². The summed E-state index contributed by atoms with van der Waals surface area (Å²) in [5.74, 6) is 1.25. The first kappa shape index (κ1) is 20.9. The number of aryl methyl sites for hydroxylation is 1. The van der Waals surface area contributed by atoms with Gasteiger partial charge in [-0.1, -0.05) is 24.3 Å². The minimum atomic E-state index is -0.220. The Morgan fingerprint density at radius 1 is 1.07 bits per heavy atom. The largest absolute Gasteiger partial charge is 0.497 e. The van der Waals surface area contributed by atoms with Crippen molar-refractivity contribution in [3.63, 3.8) is 0 Å². The number of pyridine rings is 1. The van der Waals surface area contributed by atoms with E-state index in [4.69, 9.17) is 4.74 Å². The van der Waals surface area contributed by atoms with Gasteiger partial charge in [-0.05, 0) is 66.1 Å². The first-order valence-electron chi connectivity index (χ1n) is 9.39. The summed E-state index contributed by atoms with van der Waals surface area (Å²) in [6, 6.07) is 17.7. The molecular formula is C23H23FN2O2S. The molecule has 29 heavy (non-hydrogen) atoms. The highest BCUT2D eigenvalue weighted by molar-refractivity contribution is 7.99. The lowest BCUT2D eigenvalue weighted by Crippen LogP contribution is -2.23. The zero-order valence-corrected chi connectivity index (χ0v) is 17.0. The van der Waals surface area contributed by atoms with Gasteiger partial charge in [-0.3, -0.25) is 4.79 Å². The molecule has 0 unspecified atom stereocenters. The van der Waals surface area contributed by atoms with Gasteiger partial charge in [0.1, 0.15) is 16.6 Å². The number of halogens is 1. The number of nitrogens with zero attached hydrogens (tertiary/aromatic N) is 1. The number of rotatable bonds is 9. The molecule has 0 radical (unpaired) electrons. The molecule has 1 amide bonds. The Morgan fingerprint density at radius 2 is 1.79 bits per heavy atom. The molecule has 3 aromatic rings. The molecule has 0 fully saturated rings. The summed E-state index contributed by atoms with van der Waals surface area (Å²) in [6.45, 7) is 0.437. The van der Waals surface area contributed by atoms with Gasteiger partial charge in [0.2, 0.25) is 0 Å². The second-order valence-electron chi connectivity index (χ2n) is 6.47. The average molecular weight is 411 g/mol. The van der Waals surface area contributed by atoms with Gasteiger partial charge in [0.05, 0.1) is 12.7 Å². The van der Waals surface area contributed by atoms with Gasteiger partial charge >= 0.3 is 0 Å². The molecule has 0 aliphatic heterocycles. The van der Waals surface area contributed by atoms with E-state index in [-0.39, 0.29) is 11.7 Å². The lowest BCUT2D eigenvalue weighted by atomic mass is 10.1. The number of hydrogen-bond donors (Lipinski definition) is 1. The van der Waals surface area contributed by atoms with E-state index in [0.717, 1.165) is 40.5 Å². The number of aromatic nitrogens is 1. The van der Waals surface area contributed by atoms with E-state index in [1.165, 1.54) is 12.1 Å². The van der Waals surface area contributed by atoms with Crippen LogP contribution in [0.3, 0.4) is 0 Å². The van der Waals surface area contributed by atoms with Gasteiger partial charge in [-0.15, -0.1) is 11.8 Å². The fourth-order valence-electron chi connectivity index (χ4n) is 2.80. The maximum atomic E-state index is 13.0. The normalized spacial score (nSPS) is 10.6. The Kier molecular flexibility index (Phi) is 7.64. The number of amides is 1. The number of methoxy groups -OCH3 is 1. The molecule has 1 N–H and O–H groups in total. The smallest absolute Gasteiger partial charge is 0.254 e. The molecule has 0 saturated heterocycles. The van der Waals surface area contributed by atoms with Gasteiger partial charge in [0, 0.05) is 12.7 Å². The van der Waals surface area contributed by atoms with Crippen LogP contribution in [0.25, 0.3) is 0 Å². The first-order valence-corrected chi connectivity index (χ1v) is 10.4. The second kappa shape index (κ2) is 10.6. The number of hydrogen-bond acceptors (Lipinski definition) is 4. The fourth-order valence-corrected chi connectivity index (χ4v) is 3.73.